The number of nitrogens with zero attached hydrogens (tertiary/aromatic N) is 4. The third kappa shape index (κ3) is 4.15. The number of hydrogen-bond donors (Lipinski definition) is 0. The first-order valence-corrected chi connectivity index (χ1v) is 8.95. The second-order valence-corrected chi connectivity index (χ2v) is 6.96. The van der Waals surface area contributed by atoms with Gasteiger partial charge in [-0.25, -0.2) is 4.98 Å². The Hall–Kier alpha value is -1.88. The molecule has 0 radical (unpaired) electrons. The van der Waals surface area contributed by atoms with Gasteiger partial charge in [0.05, 0.1) is 12.7 Å². The van der Waals surface area contributed by atoms with Crippen LogP contribution in [0.3, 0.4) is 0 Å². The fraction of sp³-hybridized carbons (Fsp3) is 0.579. The highest BCUT2D eigenvalue weighted by molar-refractivity contribution is 5.15. The van der Waals surface area contributed by atoms with E-state index in [1.165, 1.54) is 18.7 Å². The Labute approximate surface area is 144 Å². The zero-order valence-electron chi connectivity index (χ0n) is 14.9. The van der Waals surface area contributed by atoms with Crippen LogP contribution in [0.4, 0.5) is 0 Å². The largest absolute Gasteiger partial charge is 0.487 e. The average Bonchev–Trinajstić information content (AvgIpc) is 3.03. The Kier molecular flexibility index (Phi) is 5.51. The number of piperidine rings is 1. The van der Waals surface area contributed by atoms with E-state index in [0.717, 1.165) is 25.4 Å². The number of aromatic nitrogens is 3. The molecule has 3 heterocycles. The fourth-order valence-corrected chi connectivity index (χ4v) is 3.47. The Balaban J connectivity index is 1.59. The molecular weight excluding hydrogens is 300 g/mol. The lowest BCUT2D eigenvalue weighted by Gasteiger charge is -2.34. The van der Waals surface area contributed by atoms with Crippen molar-refractivity contribution in [3.05, 3.63) is 42.7 Å². The van der Waals surface area contributed by atoms with Crippen LogP contribution < -0.4 is 4.74 Å². The van der Waals surface area contributed by atoms with E-state index in [2.05, 4.69) is 46.4 Å². The molecule has 0 bridgehead atoms. The maximum absolute atomic E-state index is 5.96. The van der Waals surface area contributed by atoms with Crippen molar-refractivity contribution in [3.8, 4) is 5.75 Å². The maximum atomic E-state index is 5.96. The van der Waals surface area contributed by atoms with Crippen molar-refractivity contribution in [3.63, 3.8) is 0 Å². The molecule has 0 aromatic carbocycles. The lowest BCUT2D eigenvalue weighted by Crippen LogP contribution is -2.38. The van der Waals surface area contributed by atoms with E-state index < -0.39 is 0 Å². The highest BCUT2D eigenvalue weighted by atomic mass is 16.5. The summed E-state index contributed by atoms with van der Waals surface area (Å²) in [4.78, 5) is 11.3. The minimum Gasteiger partial charge on any atom is -0.487 e. The van der Waals surface area contributed by atoms with Crippen molar-refractivity contribution in [1.82, 2.24) is 19.4 Å². The van der Waals surface area contributed by atoms with Crippen molar-refractivity contribution < 1.29 is 4.74 Å². The van der Waals surface area contributed by atoms with Crippen molar-refractivity contribution in [1.29, 1.82) is 0 Å². The molecule has 24 heavy (non-hydrogen) atoms. The summed E-state index contributed by atoms with van der Waals surface area (Å²) in [5.74, 6) is 2.58. The Morgan fingerprint density at radius 1 is 1.21 bits per heavy atom. The Morgan fingerprint density at radius 3 is 2.67 bits per heavy atom. The quantitative estimate of drug-likeness (QED) is 0.816. The van der Waals surface area contributed by atoms with Crippen LogP contribution in [-0.2, 0) is 6.54 Å². The summed E-state index contributed by atoms with van der Waals surface area (Å²) in [5, 5.41) is 0. The second kappa shape index (κ2) is 7.79. The monoisotopic (exact) mass is 328 g/mol. The fourth-order valence-electron chi connectivity index (χ4n) is 3.47. The maximum Gasteiger partial charge on any atom is 0.138 e. The lowest BCUT2D eigenvalue weighted by molar-refractivity contribution is 0.164. The molecule has 0 amide bonds. The summed E-state index contributed by atoms with van der Waals surface area (Å²) in [5.41, 5.74) is 0. The minimum absolute atomic E-state index is 0.0814. The molecule has 1 aliphatic heterocycles. The van der Waals surface area contributed by atoms with Gasteiger partial charge < -0.3 is 14.2 Å². The second-order valence-electron chi connectivity index (χ2n) is 6.96. The van der Waals surface area contributed by atoms with E-state index in [1.807, 2.05) is 18.3 Å². The van der Waals surface area contributed by atoms with Crippen molar-refractivity contribution in [2.75, 3.05) is 13.1 Å². The van der Waals surface area contributed by atoms with E-state index in [9.17, 15) is 0 Å². The van der Waals surface area contributed by atoms with E-state index in [-0.39, 0.29) is 6.10 Å². The van der Waals surface area contributed by atoms with Crippen LogP contribution in [0.25, 0.3) is 0 Å². The van der Waals surface area contributed by atoms with Gasteiger partial charge in [-0.15, -0.1) is 0 Å². The summed E-state index contributed by atoms with van der Waals surface area (Å²) in [6.45, 7) is 9.79. The number of pyridine rings is 1. The minimum atomic E-state index is 0.0814. The molecule has 1 atom stereocenters. The molecule has 1 saturated heterocycles. The van der Waals surface area contributed by atoms with Crippen LogP contribution in [0, 0.1) is 0 Å². The Morgan fingerprint density at radius 2 is 2.00 bits per heavy atom. The topological polar surface area (TPSA) is 43.2 Å². The van der Waals surface area contributed by atoms with Gasteiger partial charge in [-0.05, 0) is 58.8 Å². The molecule has 0 spiro atoms. The molecule has 1 fully saturated rings. The number of ether oxygens (including phenoxy) is 1. The van der Waals surface area contributed by atoms with Crippen LogP contribution in [0.1, 0.15) is 45.4 Å². The zero-order chi connectivity index (χ0) is 16.9. The first-order valence-electron chi connectivity index (χ1n) is 8.95. The predicted octanol–water partition coefficient (Wildman–Crippen LogP) is 3.33. The molecule has 0 unspecified atom stereocenters. The Bertz CT molecular complexity index is 617. The normalized spacial score (nSPS) is 18.0. The summed E-state index contributed by atoms with van der Waals surface area (Å²) >= 11 is 0. The van der Waals surface area contributed by atoms with Crippen molar-refractivity contribution in [2.24, 2.45) is 0 Å². The first kappa shape index (κ1) is 17.0. The average molecular weight is 328 g/mol. The van der Waals surface area contributed by atoms with Gasteiger partial charge in [0.1, 0.15) is 17.7 Å². The first-order chi connectivity index (χ1) is 11.6. The van der Waals surface area contributed by atoms with Gasteiger partial charge in [0.15, 0.2) is 0 Å². The molecule has 130 valence electrons. The molecule has 3 rings (SSSR count). The summed E-state index contributed by atoms with van der Waals surface area (Å²) in [6.07, 6.45) is 9.97. The van der Waals surface area contributed by atoms with Gasteiger partial charge in [-0.1, -0.05) is 0 Å². The third-order valence-electron chi connectivity index (χ3n) is 4.80. The SMILES string of the molecule is CC(C)N1CCC(c2nccn2C[C@@H](C)Oc2cccnc2)CC1. The number of rotatable bonds is 6. The highest BCUT2D eigenvalue weighted by Gasteiger charge is 2.25. The van der Waals surface area contributed by atoms with Crippen molar-refractivity contribution >= 4 is 0 Å². The third-order valence-corrected chi connectivity index (χ3v) is 4.80. The van der Waals surface area contributed by atoms with E-state index >= 15 is 0 Å². The molecule has 1 aliphatic rings. The number of imidazole rings is 1. The van der Waals surface area contributed by atoms with Crippen LogP contribution in [0.15, 0.2) is 36.9 Å². The van der Waals surface area contributed by atoms with Gasteiger partial charge in [0.25, 0.3) is 0 Å². The van der Waals surface area contributed by atoms with Gasteiger partial charge >= 0.3 is 0 Å². The molecular formula is C19H28N4O. The van der Waals surface area contributed by atoms with E-state index in [0.29, 0.717) is 12.0 Å². The van der Waals surface area contributed by atoms with Crippen LogP contribution in [0.5, 0.6) is 5.75 Å². The molecule has 0 saturated carbocycles. The summed E-state index contributed by atoms with van der Waals surface area (Å²) < 4.78 is 8.22. The smallest absolute Gasteiger partial charge is 0.138 e. The predicted molar refractivity (Wildman–Crippen MR) is 95.2 cm³/mol. The lowest BCUT2D eigenvalue weighted by atomic mass is 9.95. The number of hydrogen-bond acceptors (Lipinski definition) is 4. The molecule has 0 N–H and O–H groups in total. The van der Waals surface area contributed by atoms with Crippen molar-refractivity contribution in [2.45, 2.75) is 58.2 Å². The number of likely N-dealkylation sites (tertiary alicyclic amines) is 1. The summed E-state index contributed by atoms with van der Waals surface area (Å²) in [6, 6.07) is 4.48. The standard InChI is InChI=1S/C19H28N4O/c1-15(2)22-10-6-17(7-11-22)19-21-9-12-23(19)14-16(3)24-18-5-4-8-20-13-18/h4-5,8-9,12-13,15-17H,6-7,10-11,14H2,1-3H3/t16-/m1/s1. The summed E-state index contributed by atoms with van der Waals surface area (Å²) in [7, 11) is 0. The van der Waals surface area contributed by atoms with Gasteiger partial charge in [0.2, 0.25) is 0 Å². The van der Waals surface area contributed by atoms with E-state index in [4.69, 9.17) is 4.74 Å². The highest BCUT2D eigenvalue weighted by Crippen LogP contribution is 2.28. The van der Waals surface area contributed by atoms with Crippen LogP contribution >= 0.6 is 0 Å². The zero-order valence-corrected chi connectivity index (χ0v) is 14.9. The molecule has 5 nitrogen and oxygen atoms in total. The molecule has 0 aliphatic carbocycles. The van der Waals surface area contributed by atoms with E-state index in [1.54, 1.807) is 12.4 Å². The van der Waals surface area contributed by atoms with Crippen LogP contribution in [0.2, 0.25) is 0 Å². The van der Waals surface area contributed by atoms with Gasteiger partial charge in [-0.3, -0.25) is 4.98 Å². The molecule has 2 aromatic heterocycles. The van der Waals surface area contributed by atoms with Gasteiger partial charge in [-0.2, -0.15) is 0 Å². The molecule has 5 heteroatoms. The molecule has 2 aromatic rings. The van der Waals surface area contributed by atoms with Crippen LogP contribution in [-0.4, -0.2) is 44.7 Å². The van der Waals surface area contributed by atoms with Gasteiger partial charge in [0, 0.05) is 30.6 Å².